The van der Waals surface area contributed by atoms with Crippen molar-refractivity contribution in [2.75, 3.05) is 6.79 Å². The summed E-state index contributed by atoms with van der Waals surface area (Å²) < 4.78 is 17.4. The summed E-state index contributed by atoms with van der Waals surface area (Å²) in [5.74, 6) is 3.03. The normalized spacial score (nSPS) is 31.0. The highest BCUT2D eigenvalue weighted by atomic mass is 16.7. The van der Waals surface area contributed by atoms with Crippen LogP contribution in [0.15, 0.2) is 35.0 Å². The van der Waals surface area contributed by atoms with Crippen LogP contribution in [-0.2, 0) is 0 Å². The molecular weight excluding hydrogens is 278 g/mol. The van der Waals surface area contributed by atoms with Crippen molar-refractivity contribution in [1.29, 1.82) is 0 Å². The standard InChI is InChI=1S/C18H19NO3/c1-12-2-3-13-6-8-19-9-7-14-15(22-17(13)10-12)4-5-16-18(14)21-11-20-16/h4-9,12,17H,2-3,10-11H2,1H3/b9-7-,13-6-,19-8+. The molecule has 0 aromatic heterocycles. The zero-order valence-corrected chi connectivity index (χ0v) is 12.6. The Balaban J connectivity index is 1.77. The summed E-state index contributed by atoms with van der Waals surface area (Å²) in [7, 11) is 0. The molecule has 2 heterocycles. The highest BCUT2D eigenvalue weighted by molar-refractivity contribution is 5.75. The van der Waals surface area contributed by atoms with Gasteiger partial charge in [-0.2, -0.15) is 0 Å². The fourth-order valence-electron chi connectivity index (χ4n) is 3.22. The molecule has 0 spiro atoms. The molecule has 2 aliphatic heterocycles. The van der Waals surface area contributed by atoms with E-state index in [0.29, 0.717) is 5.92 Å². The average Bonchev–Trinajstić information content (AvgIpc) is 2.99. The Morgan fingerprint density at radius 3 is 3.05 bits per heavy atom. The van der Waals surface area contributed by atoms with Gasteiger partial charge in [-0.3, -0.25) is 4.99 Å². The van der Waals surface area contributed by atoms with Crippen molar-refractivity contribution in [3.05, 3.63) is 35.5 Å². The molecule has 22 heavy (non-hydrogen) atoms. The largest absolute Gasteiger partial charge is 0.485 e. The molecule has 0 amide bonds. The van der Waals surface area contributed by atoms with E-state index < -0.39 is 0 Å². The topological polar surface area (TPSA) is 40.0 Å². The first kappa shape index (κ1) is 13.4. The average molecular weight is 297 g/mol. The van der Waals surface area contributed by atoms with E-state index in [1.807, 2.05) is 24.4 Å². The van der Waals surface area contributed by atoms with Gasteiger partial charge < -0.3 is 14.2 Å². The summed E-state index contributed by atoms with van der Waals surface area (Å²) in [5.41, 5.74) is 2.23. The van der Waals surface area contributed by atoms with E-state index in [0.717, 1.165) is 35.7 Å². The number of hydrogen-bond donors (Lipinski definition) is 0. The minimum absolute atomic E-state index is 0.112. The second-order valence-electron chi connectivity index (χ2n) is 6.05. The van der Waals surface area contributed by atoms with Gasteiger partial charge in [0.15, 0.2) is 11.5 Å². The molecule has 0 radical (unpaired) electrons. The highest BCUT2D eigenvalue weighted by Gasteiger charge is 2.27. The van der Waals surface area contributed by atoms with Gasteiger partial charge in [-0.25, -0.2) is 0 Å². The molecule has 1 aliphatic carbocycles. The molecule has 114 valence electrons. The van der Waals surface area contributed by atoms with Gasteiger partial charge >= 0.3 is 0 Å². The molecule has 0 N–H and O–H groups in total. The Labute approximate surface area is 130 Å². The lowest BCUT2D eigenvalue weighted by Gasteiger charge is -2.30. The van der Waals surface area contributed by atoms with Crippen molar-refractivity contribution in [3.8, 4) is 17.2 Å². The van der Waals surface area contributed by atoms with Crippen LogP contribution < -0.4 is 14.2 Å². The van der Waals surface area contributed by atoms with Crippen LogP contribution in [0.25, 0.3) is 6.08 Å². The van der Waals surface area contributed by atoms with Crippen molar-refractivity contribution >= 4 is 12.3 Å². The second-order valence-corrected chi connectivity index (χ2v) is 6.05. The maximum Gasteiger partial charge on any atom is 0.231 e. The number of ether oxygens (including phenoxy) is 3. The lowest BCUT2D eigenvalue weighted by molar-refractivity contribution is 0.170. The minimum atomic E-state index is 0.112. The first-order valence-corrected chi connectivity index (χ1v) is 7.79. The maximum atomic E-state index is 6.36. The monoisotopic (exact) mass is 297 g/mol. The number of benzene rings is 1. The van der Waals surface area contributed by atoms with Gasteiger partial charge in [0.25, 0.3) is 0 Å². The Kier molecular flexibility index (Phi) is 3.37. The van der Waals surface area contributed by atoms with E-state index in [1.165, 1.54) is 12.0 Å². The smallest absolute Gasteiger partial charge is 0.231 e. The summed E-state index contributed by atoms with van der Waals surface area (Å²) in [5, 5.41) is 0. The van der Waals surface area contributed by atoms with E-state index >= 15 is 0 Å². The van der Waals surface area contributed by atoms with E-state index in [9.17, 15) is 0 Å². The summed E-state index contributed by atoms with van der Waals surface area (Å²) in [6.45, 7) is 2.54. The molecule has 1 fully saturated rings. The fourth-order valence-corrected chi connectivity index (χ4v) is 3.22. The molecule has 4 heteroatoms. The van der Waals surface area contributed by atoms with Gasteiger partial charge in [0.2, 0.25) is 6.79 Å². The number of fused-ring (bicyclic) bond motifs is 4. The summed E-state index contributed by atoms with van der Waals surface area (Å²) in [6, 6.07) is 3.88. The van der Waals surface area contributed by atoms with Crippen LogP contribution in [-0.4, -0.2) is 19.1 Å². The Bertz CT molecular complexity index is 675. The zero-order chi connectivity index (χ0) is 14.9. The lowest BCUT2D eigenvalue weighted by atomic mass is 9.84. The predicted molar refractivity (Wildman–Crippen MR) is 85.6 cm³/mol. The summed E-state index contributed by atoms with van der Waals surface area (Å²) in [4.78, 5) is 4.33. The SMILES string of the molecule is CC1CC/C2=C/C=N/C=C\c3c(ccc4c3OCO4)OC2C1. The third-order valence-corrected chi connectivity index (χ3v) is 4.46. The molecule has 2 atom stereocenters. The van der Waals surface area contributed by atoms with Gasteiger partial charge in [0.05, 0.1) is 5.56 Å². The van der Waals surface area contributed by atoms with Gasteiger partial charge in [-0.1, -0.05) is 6.92 Å². The summed E-state index contributed by atoms with van der Waals surface area (Å²) in [6.07, 6.45) is 11.1. The number of allylic oxidation sites excluding steroid dienone is 1. The molecular formula is C18H19NO3. The summed E-state index contributed by atoms with van der Waals surface area (Å²) >= 11 is 0. The van der Waals surface area contributed by atoms with E-state index in [1.54, 1.807) is 6.20 Å². The molecule has 3 aliphatic rings. The third kappa shape index (κ3) is 2.39. The van der Waals surface area contributed by atoms with Crippen LogP contribution in [0.5, 0.6) is 17.2 Å². The van der Waals surface area contributed by atoms with Crippen molar-refractivity contribution in [3.63, 3.8) is 0 Å². The number of nitrogens with zero attached hydrogens (tertiary/aromatic N) is 1. The quantitative estimate of drug-likeness (QED) is 0.727. The van der Waals surface area contributed by atoms with Crippen LogP contribution >= 0.6 is 0 Å². The number of aliphatic imine (C=N–C) groups is 1. The maximum absolute atomic E-state index is 6.36. The van der Waals surface area contributed by atoms with Crippen LogP contribution in [0.1, 0.15) is 31.7 Å². The number of rotatable bonds is 0. The minimum Gasteiger partial charge on any atom is -0.485 e. The molecule has 1 aromatic rings. The second kappa shape index (κ2) is 5.52. The molecule has 0 bridgehead atoms. The highest BCUT2D eigenvalue weighted by Crippen LogP contribution is 2.43. The van der Waals surface area contributed by atoms with E-state index in [-0.39, 0.29) is 12.9 Å². The van der Waals surface area contributed by atoms with Crippen molar-refractivity contribution < 1.29 is 14.2 Å². The first-order chi connectivity index (χ1) is 10.8. The molecule has 4 rings (SSSR count). The van der Waals surface area contributed by atoms with Crippen LogP contribution in [0.3, 0.4) is 0 Å². The van der Waals surface area contributed by atoms with Gasteiger partial charge in [-0.15, -0.1) is 0 Å². The Morgan fingerprint density at radius 2 is 2.09 bits per heavy atom. The Hall–Kier alpha value is -2.23. The van der Waals surface area contributed by atoms with Crippen molar-refractivity contribution in [2.24, 2.45) is 10.9 Å². The van der Waals surface area contributed by atoms with Crippen molar-refractivity contribution in [2.45, 2.75) is 32.3 Å². The molecule has 1 aromatic carbocycles. The zero-order valence-electron chi connectivity index (χ0n) is 12.6. The molecule has 2 unspecified atom stereocenters. The van der Waals surface area contributed by atoms with Crippen LogP contribution in [0.4, 0.5) is 0 Å². The van der Waals surface area contributed by atoms with Gasteiger partial charge in [0, 0.05) is 12.4 Å². The van der Waals surface area contributed by atoms with Crippen molar-refractivity contribution in [1.82, 2.24) is 0 Å². The van der Waals surface area contributed by atoms with Gasteiger partial charge in [0.1, 0.15) is 11.9 Å². The number of hydrogen-bond acceptors (Lipinski definition) is 4. The van der Waals surface area contributed by atoms with E-state index in [2.05, 4.69) is 18.0 Å². The lowest BCUT2D eigenvalue weighted by Crippen LogP contribution is -2.27. The molecule has 1 saturated carbocycles. The van der Waals surface area contributed by atoms with Gasteiger partial charge in [-0.05, 0) is 55.0 Å². The molecule has 0 saturated heterocycles. The first-order valence-electron chi connectivity index (χ1n) is 7.79. The molecule has 4 nitrogen and oxygen atoms in total. The predicted octanol–water partition coefficient (Wildman–Crippen LogP) is 3.96. The van der Waals surface area contributed by atoms with E-state index in [4.69, 9.17) is 14.2 Å². The van der Waals surface area contributed by atoms with Crippen LogP contribution in [0.2, 0.25) is 0 Å². The third-order valence-electron chi connectivity index (χ3n) is 4.46. The Morgan fingerprint density at radius 1 is 1.18 bits per heavy atom. The van der Waals surface area contributed by atoms with Crippen LogP contribution in [0, 0.1) is 5.92 Å². The fraction of sp³-hybridized carbons (Fsp3) is 0.389.